The number of alkyl halides is 3. The Balaban J connectivity index is 2.30. The number of nitrogens with zero attached hydrogens (tertiary/aromatic N) is 1. The van der Waals surface area contributed by atoms with E-state index in [4.69, 9.17) is 4.74 Å². The summed E-state index contributed by atoms with van der Waals surface area (Å²) in [6, 6.07) is 6.20. The molecule has 1 amide bonds. The Kier molecular flexibility index (Phi) is 5.43. The van der Waals surface area contributed by atoms with Gasteiger partial charge in [0.1, 0.15) is 5.75 Å². The van der Waals surface area contributed by atoms with Gasteiger partial charge in [-0.1, -0.05) is 6.92 Å². The highest BCUT2D eigenvalue weighted by molar-refractivity contribution is 6.04. The third-order valence-electron chi connectivity index (χ3n) is 3.19. The third kappa shape index (κ3) is 4.47. The lowest BCUT2D eigenvalue weighted by atomic mass is 10.1. The molecule has 0 spiro atoms. The van der Waals surface area contributed by atoms with E-state index < -0.39 is 17.6 Å². The van der Waals surface area contributed by atoms with Crippen molar-refractivity contribution in [2.75, 3.05) is 11.9 Å². The SMILES string of the molecule is CCCOc1ccc(C(F)(F)F)cc1NC(=O)c1ccc(C)nc1. The van der Waals surface area contributed by atoms with Crippen molar-refractivity contribution in [3.05, 3.63) is 53.3 Å². The van der Waals surface area contributed by atoms with Crippen LogP contribution in [0.1, 0.15) is 35.0 Å². The Morgan fingerprint density at radius 2 is 2.00 bits per heavy atom. The number of carbonyl (C=O) groups excluding carboxylic acids is 1. The first-order valence-corrected chi connectivity index (χ1v) is 7.39. The Hall–Kier alpha value is -2.57. The molecule has 2 aromatic rings. The molecule has 2 rings (SSSR count). The fourth-order valence-electron chi connectivity index (χ4n) is 1.94. The number of halogens is 3. The summed E-state index contributed by atoms with van der Waals surface area (Å²) in [7, 11) is 0. The van der Waals surface area contributed by atoms with E-state index >= 15 is 0 Å². The first-order valence-electron chi connectivity index (χ1n) is 7.39. The monoisotopic (exact) mass is 338 g/mol. The number of pyridine rings is 1. The van der Waals surface area contributed by atoms with E-state index in [0.717, 1.165) is 17.8 Å². The van der Waals surface area contributed by atoms with Crippen molar-refractivity contribution >= 4 is 11.6 Å². The van der Waals surface area contributed by atoms with Crippen molar-refractivity contribution in [2.24, 2.45) is 0 Å². The molecule has 1 aromatic heterocycles. The number of amides is 1. The molecule has 0 bridgehead atoms. The molecule has 24 heavy (non-hydrogen) atoms. The Bertz CT molecular complexity index is 713. The number of aryl methyl sites for hydroxylation is 1. The highest BCUT2D eigenvalue weighted by Gasteiger charge is 2.31. The highest BCUT2D eigenvalue weighted by Crippen LogP contribution is 2.35. The molecular formula is C17H17F3N2O2. The van der Waals surface area contributed by atoms with Gasteiger partial charge in [0.25, 0.3) is 5.91 Å². The van der Waals surface area contributed by atoms with Gasteiger partial charge in [0.15, 0.2) is 0 Å². The molecule has 0 radical (unpaired) electrons. The van der Waals surface area contributed by atoms with Crippen LogP contribution in [0.25, 0.3) is 0 Å². The number of hydrogen-bond acceptors (Lipinski definition) is 3. The van der Waals surface area contributed by atoms with E-state index in [2.05, 4.69) is 10.3 Å². The first kappa shape index (κ1) is 17.8. The van der Waals surface area contributed by atoms with Crippen LogP contribution in [0.2, 0.25) is 0 Å². The minimum Gasteiger partial charge on any atom is -0.491 e. The molecule has 0 aliphatic heterocycles. The van der Waals surface area contributed by atoms with Crippen molar-refractivity contribution in [3.8, 4) is 5.75 Å². The summed E-state index contributed by atoms with van der Waals surface area (Å²) in [6.07, 6.45) is -2.45. The van der Waals surface area contributed by atoms with E-state index in [0.29, 0.717) is 13.0 Å². The molecule has 1 heterocycles. The van der Waals surface area contributed by atoms with Crippen LogP contribution in [0.5, 0.6) is 5.75 Å². The molecule has 0 atom stereocenters. The van der Waals surface area contributed by atoms with Gasteiger partial charge in [0.2, 0.25) is 0 Å². The van der Waals surface area contributed by atoms with Gasteiger partial charge in [-0.15, -0.1) is 0 Å². The van der Waals surface area contributed by atoms with E-state index in [1.165, 1.54) is 12.3 Å². The second-order valence-corrected chi connectivity index (χ2v) is 5.20. The van der Waals surface area contributed by atoms with Crippen molar-refractivity contribution in [3.63, 3.8) is 0 Å². The number of nitrogens with one attached hydrogen (secondary N) is 1. The highest BCUT2D eigenvalue weighted by atomic mass is 19.4. The summed E-state index contributed by atoms with van der Waals surface area (Å²) in [5.41, 5.74) is 0.101. The minimum absolute atomic E-state index is 0.0242. The first-order chi connectivity index (χ1) is 11.3. The largest absolute Gasteiger partial charge is 0.491 e. The van der Waals surface area contributed by atoms with Gasteiger partial charge in [-0.25, -0.2) is 0 Å². The molecule has 0 aliphatic rings. The summed E-state index contributed by atoms with van der Waals surface area (Å²) in [5, 5.41) is 2.46. The molecular weight excluding hydrogens is 321 g/mol. The quantitative estimate of drug-likeness (QED) is 0.876. The molecule has 128 valence electrons. The van der Waals surface area contributed by atoms with Gasteiger partial charge >= 0.3 is 6.18 Å². The summed E-state index contributed by atoms with van der Waals surface area (Å²) in [6.45, 7) is 3.98. The summed E-state index contributed by atoms with van der Waals surface area (Å²) >= 11 is 0. The number of benzene rings is 1. The number of aromatic nitrogens is 1. The van der Waals surface area contributed by atoms with Gasteiger partial charge in [0.05, 0.1) is 23.4 Å². The van der Waals surface area contributed by atoms with Crippen LogP contribution < -0.4 is 10.1 Å². The molecule has 0 unspecified atom stereocenters. The third-order valence-corrected chi connectivity index (χ3v) is 3.19. The van der Waals surface area contributed by atoms with Crippen molar-refractivity contribution in [1.82, 2.24) is 4.98 Å². The smallest absolute Gasteiger partial charge is 0.416 e. The van der Waals surface area contributed by atoms with Crippen LogP contribution >= 0.6 is 0 Å². The van der Waals surface area contributed by atoms with E-state index in [1.807, 2.05) is 6.92 Å². The van der Waals surface area contributed by atoms with Crippen molar-refractivity contribution in [2.45, 2.75) is 26.4 Å². The molecule has 1 N–H and O–H groups in total. The normalized spacial score (nSPS) is 11.2. The standard InChI is InChI=1S/C17H17F3N2O2/c1-3-8-24-15-7-6-13(17(18,19)20)9-14(15)22-16(23)12-5-4-11(2)21-10-12/h4-7,9-10H,3,8H2,1-2H3,(H,22,23). The average molecular weight is 338 g/mol. The van der Waals surface area contributed by atoms with E-state index in [9.17, 15) is 18.0 Å². The molecule has 7 heteroatoms. The second-order valence-electron chi connectivity index (χ2n) is 5.20. The number of anilines is 1. The van der Waals surface area contributed by atoms with Gasteiger partial charge in [-0.05, 0) is 43.7 Å². The second kappa shape index (κ2) is 7.33. The van der Waals surface area contributed by atoms with Crippen LogP contribution in [-0.2, 0) is 6.18 Å². The fraction of sp³-hybridized carbons (Fsp3) is 0.294. The van der Waals surface area contributed by atoms with E-state index in [1.54, 1.807) is 19.1 Å². The zero-order chi connectivity index (χ0) is 17.7. The average Bonchev–Trinajstić information content (AvgIpc) is 2.53. The van der Waals surface area contributed by atoms with E-state index in [-0.39, 0.29) is 17.0 Å². The number of hydrogen-bond donors (Lipinski definition) is 1. The van der Waals surface area contributed by atoms with Crippen LogP contribution in [0, 0.1) is 6.92 Å². The Labute approximate surface area is 137 Å². The predicted molar refractivity (Wildman–Crippen MR) is 84.2 cm³/mol. The summed E-state index contributed by atoms with van der Waals surface area (Å²) < 4.78 is 44.1. The van der Waals surface area contributed by atoms with Crippen molar-refractivity contribution < 1.29 is 22.7 Å². The molecule has 0 saturated carbocycles. The maximum absolute atomic E-state index is 12.9. The zero-order valence-corrected chi connectivity index (χ0v) is 13.3. The van der Waals surface area contributed by atoms with Gasteiger partial charge in [-0.3, -0.25) is 9.78 Å². The van der Waals surface area contributed by atoms with Crippen LogP contribution in [0.15, 0.2) is 36.5 Å². The van der Waals surface area contributed by atoms with Crippen LogP contribution in [0.3, 0.4) is 0 Å². The summed E-state index contributed by atoms with van der Waals surface area (Å²) in [4.78, 5) is 16.2. The predicted octanol–water partition coefficient (Wildman–Crippen LogP) is 4.45. The molecule has 0 saturated heterocycles. The minimum atomic E-state index is -4.51. The topological polar surface area (TPSA) is 51.2 Å². The zero-order valence-electron chi connectivity index (χ0n) is 13.3. The summed E-state index contributed by atoms with van der Waals surface area (Å²) in [5.74, 6) is -0.360. The Morgan fingerprint density at radius 3 is 2.58 bits per heavy atom. The lowest BCUT2D eigenvalue weighted by molar-refractivity contribution is -0.137. The molecule has 0 fully saturated rings. The maximum Gasteiger partial charge on any atom is 0.416 e. The van der Waals surface area contributed by atoms with Gasteiger partial charge in [-0.2, -0.15) is 13.2 Å². The van der Waals surface area contributed by atoms with Crippen molar-refractivity contribution in [1.29, 1.82) is 0 Å². The van der Waals surface area contributed by atoms with Gasteiger partial charge in [0, 0.05) is 11.9 Å². The number of ether oxygens (including phenoxy) is 1. The molecule has 0 aliphatic carbocycles. The molecule has 4 nitrogen and oxygen atoms in total. The maximum atomic E-state index is 12.9. The van der Waals surface area contributed by atoms with Crippen LogP contribution in [0.4, 0.5) is 18.9 Å². The number of rotatable bonds is 5. The lowest BCUT2D eigenvalue weighted by Gasteiger charge is -2.15. The number of carbonyl (C=O) groups is 1. The van der Waals surface area contributed by atoms with Gasteiger partial charge < -0.3 is 10.1 Å². The van der Waals surface area contributed by atoms with Crippen LogP contribution in [-0.4, -0.2) is 17.5 Å². The fourth-order valence-corrected chi connectivity index (χ4v) is 1.94. The molecule has 1 aromatic carbocycles. The lowest BCUT2D eigenvalue weighted by Crippen LogP contribution is -2.15. The Morgan fingerprint density at radius 1 is 1.25 bits per heavy atom.